The lowest BCUT2D eigenvalue weighted by Gasteiger charge is -2.38. The molecule has 1 unspecified atom stereocenters. The molecule has 0 radical (unpaired) electrons. The smallest absolute Gasteiger partial charge is 0.310 e. The monoisotopic (exact) mass is 638 g/mol. The molecule has 1 aliphatic heterocycles. The van der Waals surface area contributed by atoms with Crippen LogP contribution in [0.3, 0.4) is 0 Å². The molecular weight excluding hydrogens is 600 g/mol. The van der Waals surface area contributed by atoms with E-state index in [1.165, 1.54) is 29.1 Å². The van der Waals surface area contributed by atoms with E-state index < -0.39 is 17.9 Å². The number of benzene rings is 2. The van der Waals surface area contributed by atoms with Crippen LogP contribution < -0.4 is 10.1 Å². The van der Waals surface area contributed by atoms with Gasteiger partial charge in [-0.25, -0.2) is 9.97 Å². The Morgan fingerprint density at radius 2 is 1.59 bits per heavy atom. The lowest BCUT2D eigenvalue weighted by Crippen LogP contribution is -2.59. The maximum Gasteiger partial charge on any atom is 0.310 e. The van der Waals surface area contributed by atoms with E-state index in [-0.39, 0.29) is 36.7 Å². The third kappa shape index (κ3) is 7.45. The number of aliphatic carboxylic acids is 1. The van der Waals surface area contributed by atoms with Crippen LogP contribution in [0.1, 0.15) is 53.7 Å². The van der Waals surface area contributed by atoms with Gasteiger partial charge in [0, 0.05) is 47.9 Å². The van der Waals surface area contributed by atoms with Gasteiger partial charge < -0.3 is 20.1 Å². The quantitative estimate of drug-likeness (QED) is 0.212. The molecule has 4 aromatic rings. The molecule has 2 aromatic heterocycles. The third-order valence-corrected chi connectivity index (χ3v) is 9.90. The molecule has 10 heteroatoms. The van der Waals surface area contributed by atoms with Gasteiger partial charge in [0.2, 0.25) is 5.91 Å². The number of carbonyl (C=O) groups excluding carboxylic acids is 2. The molecule has 1 saturated heterocycles. The number of hydrogen-bond acceptors (Lipinski definition) is 7. The number of nitrogens with zero attached hydrogens (tertiary/aromatic N) is 3. The summed E-state index contributed by atoms with van der Waals surface area (Å²) >= 11 is 1.41. The van der Waals surface area contributed by atoms with Gasteiger partial charge in [-0.3, -0.25) is 14.4 Å². The number of carboxylic acid groups (broad SMARTS) is 1. The van der Waals surface area contributed by atoms with Gasteiger partial charge >= 0.3 is 5.97 Å². The summed E-state index contributed by atoms with van der Waals surface area (Å²) in [5.41, 5.74) is 3.49. The molecule has 2 fully saturated rings. The Kier molecular flexibility index (Phi) is 8.90. The van der Waals surface area contributed by atoms with Crippen molar-refractivity contribution in [2.45, 2.75) is 51.5 Å². The molecule has 1 aliphatic carbocycles. The summed E-state index contributed by atoms with van der Waals surface area (Å²) in [6.45, 7) is 7.31. The summed E-state index contributed by atoms with van der Waals surface area (Å²) in [7, 11) is 0. The molecule has 2 amide bonds. The Morgan fingerprint density at radius 1 is 0.935 bits per heavy atom. The highest BCUT2D eigenvalue weighted by Gasteiger charge is 2.39. The lowest BCUT2D eigenvalue weighted by molar-refractivity contribution is -0.153. The van der Waals surface area contributed by atoms with E-state index >= 15 is 0 Å². The highest BCUT2D eigenvalue weighted by atomic mass is 32.1. The van der Waals surface area contributed by atoms with Crippen LogP contribution in [0, 0.1) is 11.8 Å². The van der Waals surface area contributed by atoms with Crippen LogP contribution >= 0.6 is 11.3 Å². The van der Waals surface area contributed by atoms with E-state index in [4.69, 9.17) is 4.74 Å². The molecule has 2 aromatic carbocycles. The molecule has 2 aliphatic rings. The second kappa shape index (κ2) is 13.0. The highest BCUT2D eigenvalue weighted by Crippen LogP contribution is 2.31. The van der Waals surface area contributed by atoms with Crippen molar-refractivity contribution in [1.29, 1.82) is 0 Å². The number of rotatable bonds is 11. The maximum absolute atomic E-state index is 13.4. The van der Waals surface area contributed by atoms with Crippen LogP contribution in [0.25, 0.3) is 22.5 Å². The number of amides is 2. The molecule has 1 saturated carbocycles. The van der Waals surface area contributed by atoms with Crippen LogP contribution in [0.15, 0.2) is 73.1 Å². The molecule has 2 N–H and O–H groups in total. The van der Waals surface area contributed by atoms with Crippen molar-refractivity contribution in [3.63, 3.8) is 0 Å². The van der Waals surface area contributed by atoms with Crippen molar-refractivity contribution < 1.29 is 24.2 Å². The molecular formula is C36H38N4O5S. The first-order chi connectivity index (χ1) is 22.0. The van der Waals surface area contributed by atoms with Crippen molar-refractivity contribution in [2.24, 2.45) is 11.8 Å². The number of thiophene rings is 1. The van der Waals surface area contributed by atoms with Gasteiger partial charge in [0.1, 0.15) is 11.8 Å². The van der Waals surface area contributed by atoms with E-state index in [0.717, 1.165) is 39.5 Å². The number of carbonyl (C=O) groups is 3. The Bertz CT molecular complexity index is 1700. The predicted molar refractivity (Wildman–Crippen MR) is 177 cm³/mol. The maximum atomic E-state index is 13.4. The van der Waals surface area contributed by atoms with Gasteiger partial charge in [0.25, 0.3) is 5.91 Å². The summed E-state index contributed by atoms with van der Waals surface area (Å²) in [5, 5.41) is 12.2. The summed E-state index contributed by atoms with van der Waals surface area (Å²) < 4.78 is 5.83. The summed E-state index contributed by atoms with van der Waals surface area (Å²) in [5.74, 6) is 0.0412. The average molecular weight is 639 g/mol. The highest BCUT2D eigenvalue weighted by molar-refractivity contribution is 7.14. The standard InChI is InChI=1S/C36H38N4O5S/c1-36(2,3)31-15-14-30(46-31)33(41)39-29(34(42)40-19-27(20-40)35(43)44)16-22-6-8-25(9-7-22)32-37-17-26(18-38-32)24-10-12-28(13-11-24)45-21-23-4-5-23/h6-15,17-18,23,27,29H,4-5,16,19-21H2,1-3H3,(H,39,41)(H,43,44). The second-order valence-electron chi connectivity index (χ2n) is 13.2. The van der Waals surface area contributed by atoms with Crippen LogP contribution in [0.4, 0.5) is 0 Å². The molecule has 9 nitrogen and oxygen atoms in total. The Morgan fingerprint density at radius 3 is 2.17 bits per heavy atom. The zero-order chi connectivity index (χ0) is 32.4. The van der Waals surface area contributed by atoms with Gasteiger partial charge in [-0.2, -0.15) is 0 Å². The molecule has 6 rings (SSSR count). The topological polar surface area (TPSA) is 122 Å². The normalized spacial score (nSPS) is 15.6. The van der Waals surface area contributed by atoms with Crippen molar-refractivity contribution in [2.75, 3.05) is 19.7 Å². The number of carboxylic acids is 1. The first kappa shape index (κ1) is 31.4. The number of ether oxygens (including phenoxy) is 1. The Balaban J connectivity index is 1.12. The van der Waals surface area contributed by atoms with E-state index in [2.05, 4.69) is 36.1 Å². The number of likely N-dealkylation sites (tertiary alicyclic amines) is 1. The minimum absolute atomic E-state index is 0.0939. The van der Waals surface area contributed by atoms with Crippen molar-refractivity contribution in [3.8, 4) is 28.3 Å². The Labute approximate surface area is 272 Å². The Hall–Kier alpha value is -4.57. The van der Waals surface area contributed by atoms with Crippen LogP contribution in [-0.2, 0) is 21.4 Å². The number of aromatic nitrogens is 2. The first-order valence-electron chi connectivity index (χ1n) is 15.6. The fourth-order valence-electron chi connectivity index (χ4n) is 5.22. The number of hydrogen-bond donors (Lipinski definition) is 2. The first-order valence-corrected chi connectivity index (χ1v) is 16.4. The molecule has 0 bridgehead atoms. The van der Waals surface area contributed by atoms with Crippen LogP contribution in [0.5, 0.6) is 5.75 Å². The summed E-state index contributed by atoms with van der Waals surface area (Å²) in [6.07, 6.45) is 6.37. The minimum Gasteiger partial charge on any atom is -0.493 e. The number of nitrogens with one attached hydrogen (secondary N) is 1. The van der Waals surface area contributed by atoms with Gasteiger partial charge in [0.05, 0.1) is 17.4 Å². The molecule has 238 valence electrons. The molecule has 46 heavy (non-hydrogen) atoms. The summed E-state index contributed by atoms with van der Waals surface area (Å²) in [6, 6.07) is 18.5. The fraction of sp³-hybridized carbons (Fsp3) is 0.361. The van der Waals surface area contributed by atoms with Gasteiger partial charge in [-0.05, 0) is 59.6 Å². The van der Waals surface area contributed by atoms with Crippen LogP contribution in [-0.4, -0.2) is 63.5 Å². The van der Waals surface area contributed by atoms with Gasteiger partial charge in [-0.15, -0.1) is 11.3 Å². The largest absolute Gasteiger partial charge is 0.493 e. The molecule has 0 spiro atoms. The zero-order valence-corrected chi connectivity index (χ0v) is 27.0. The summed E-state index contributed by atoms with van der Waals surface area (Å²) in [4.78, 5) is 50.3. The van der Waals surface area contributed by atoms with Gasteiger partial charge in [-0.1, -0.05) is 57.2 Å². The minimum atomic E-state index is -0.921. The third-order valence-electron chi connectivity index (χ3n) is 8.39. The average Bonchev–Trinajstić information content (AvgIpc) is 3.70. The van der Waals surface area contributed by atoms with Crippen molar-refractivity contribution in [3.05, 3.63) is 88.4 Å². The predicted octanol–water partition coefficient (Wildman–Crippen LogP) is 5.84. The van der Waals surface area contributed by atoms with Crippen molar-refractivity contribution >= 4 is 29.1 Å². The molecule has 3 heterocycles. The van der Waals surface area contributed by atoms with Crippen molar-refractivity contribution in [1.82, 2.24) is 20.2 Å². The van der Waals surface area contributed by atoms with E-state index in [1.54, 1.807) is 18.5 Å². The lowest BCUT2D eigenvalue weighted by atomic mass is 9.95. The molecule has 1 atom stereocenters. The van der Waals surface area contributed by atoms with E-state index in [9.17, 15) is 19.5 Å². The SMILES string of the molecule is CC(C)(C)c1ccc(C(=O)NC(Cc2ccc(-c3ncc(-c4ccc(OCC5CC5)cc4)cn3)cc2)C(=O)N2CC(C(=O)O)C2)s1. The second-order valence-corrected chi connectivity index (χ2v) is 14.3. The van der Waals surface area contributed by atoms with E-state index in [0.29, 0.717) is 16.6 Å². The fourth-order valence-corrected chi connectivity index (χ4v) is 6.19. The van der Waals surface area contributed by atoms with Gasteiger partial charge in [0.15, 0.2) is 5.82 Å². The zero-order valence-electron chi connectivity index (χ0n) is 26.2. The van der Waals surface area contributed by atoms with Crippen LogP contribution in [0.2, 0.25) is 0 Å². The van der Waals surface area contributed by atoms with E-state index in [1.807, 2.05) is 54.6 Å².